The molecule has 2 aromatic rings. The van der Waals surface area contributed by atoms with Crippen LogP contribution in [0.1, 0.15) is 25.3 Å². The van der Waals surface area contributed by atoms with Gasteiger partial charge in [0.2, 0.25) is 0 Å². The fraction of sp³-hybridized carbons (Fsp3) is 0.462. The highest BCUT2D eigenvalue weighted by Gasteiger charge is 2.29. The standard InChI is InChI=1S/C13H14F3N5O3S/c14-13(15,16)8-20-5-4-11(18-12(20)22)19-25(23,24)10-6-17-21(7-10)9-2-1-3-9/h4-7,9H,1-3,8H2,(H,18,19,22). The van der Waals surface area contributed by atoms with Crippen LogP contribution >= 0.6 is 0 Å². The van der Waals surface area contributed by atoms with Gasteiger partial charge in [0.1, 0.15) is 17.3 Å². The van der Waals surface area contributed by atoms with E-state index in [0.29, 0.717) is 4.57 Å². The first-order valence-electron chi connectivity index (χ1n) is 7.35. The topological polar surface area (TPSA) is 98.9 Å². The van der Waals surface area contributed by atoms with E-state index in [2.05, 4.69) is 14.8 Å². The lowest BCUT2D eigenvalue weighted by Gasteiger charge is -2.25. The van der Waals surface area contributed by atoms with Crippen molar-refractivity contribution < 1.29 is 21.6 Å². The van der Waals surface area contributed by atoms with Gasteiger partial charge in [-0.05, 0) is 25.3 Å². The number of sulfonamides is 1. The molecule has 2 heterocycles. The van der Waals surface area contributed by atoms with E-state index >= 15 is 0 Å². The van der Waals surface area contributed by atoms with Crippen molar-refractivity contribution >= 4 is 15.8 Å². The van der Waals surface area contributed by atoms with Gasteiger partial charge in [-0.25, -0.2) is 13.2 Å². The third kappa shape index (κ3) is 4.00. The van der Waals surface area contributed by atoms with Crippen LogP contribution in [0.5, 0.6) is 0 Å². The second-order valence-corrected chi connectivity index (χ2v) is 7.37. The minimum Gasteiger partial charge on any atom is -0.290 e. The number of nitrogens with zero attached hydrogens (tertiary/aromatic N) is 4. The zero-order valence-electron chi connectivity index (χ0n) is 12.8. The molecule has 0 saturated heterocycles. The Kier molecular flexibility index (Phi) is 4.31. The van der Waals surface area contributed by atoms with Crippen LogP contribution in [-0.2, 0) is 16.6 Å². The SMILES string of the molecule is O=c1nc(NS(=O)(=O)c2cnn(C3CCC3)c2)ccn1CC(F)(F)F. The minimum absolute atomic E-state index is 0.110. The molecule has 0 radical (unpaired) electrons. The summed E-state index contributed by atoms with van der Waals surface area (Å²) < 4.78 is 65.4. The molecule has 8 nitrogen and oxygen atoms in total. The summed E-state index contributed by atoms with van der Waals surface area (Å²) in [5.74, 6) is -0.361. The van der Waals surface area contributed by atoms with Gasteiger partial charge in [0.25, 0.3) is 10.0 Å². The molecule has 0 unspecified atom stereocenters. The Morgan fingerprint density at radius 1 is 1.32 bits per heavy atom. The molecule has 136 valence electrons. The normalized spacial score (nSPS) is 15.8. The zero-order valence-corrected chi connectivity index (χ0v) is 13.6. The van der Waals surface area contributed by atoms with Gasteiger partial charge >= 0.3 is 11.9 Å². The average molecular weight is 377 g/mol. The largest absolute Gasteiger partial charge is 0.406 e. The van der Waals surface area contributed by atoms with Gasteiger partial charge in [0.15, 0.2) is 0 Å². The molecule has 0 bridgehead atoms. The lowest BCUT2D eigenvalue weighted by atomic mass is 9.93. The van der Waals surface area contributed by atoms with Gasteiger partial charge in [0.05, 0.1) is 12.2 Å². The summed E-state index contributed by atoms with van der Waals surface area (Å²) in [4.78, 5) is 14.8. The Morgan fingerprint density at radius 3 is 2.60 bits per heavy atom. The van der Waals surface area contributed by atoms with Gasteiger partial charge < -0.3 is 0 Å². The molecular formula is C13H14F3N5O3S. The van der Waals surface area contributed by atoms with Crippen molar-refractivity contribution in [1.29, 1.82) is 0 Å². The van der Waals surface area contributed by atoms with Crippen LogP contribution in [0.15, 0.2) is 34.3 Å². The molecule has 1 N–H and O–H groups in total. The predicted molar refractivity (Wildman–Crippen MR) is 80.5 cm³/mol. The maximum atomic E-state index is 12.3. The molecule has 1 saturated carbocycles. The number of anilines is 1. The van der Waals surface area contributed by atoms with Crippen molar-refractivity contribution in [2.45, 2.75) is 42.9 Å². The Labute approximate surface area is 140 Å². The fourth-order valence-electron chi connectivity index (χ4n) is 2.31. The maximum absolute atomic E-state index is 12.3. The van der Waals surface area contributed by atoms with Crippen molar-refractivity contribution in [3.05, 3.63) is 35.1 Å². The van der Waals surface area contributed by atoms with Crippen LogP contribution in [0, 0.1) is 0 Å². The lowest BCUT2D eigenvalue weighted by Crippen LogP contribution is -2.30. The average Bonchev–Trinajstić information content (AvgIpc) is 2.88. The molecule has 0 aromatic carbocycles. The van der Waals surface area contributed by atoms with Crippen molar-refractivity contribution in [2.75, 3.05) is 4.72 Å². The molecule has 0 atom stereocenters. The van der Waals surface area contributed by atoms with Crippen molar-refractivity contribution in [3.8, 4) is 0 Å². The third-order valence-electron chi connectivity index (χ3n) is 3.80. The minimum atomic E-state index is -4.58. The van der Waals surface area contributed by atoms with Crippen LogP contribution in [-0.4, -0.2) is 33.9 Å². The van der Waals surface area contributed by atoms with E-state index in [1.165, 1.54) is 12.4 Å². The van der Waals surface area contributed by atoms with E-state index in [4.69, 9.17) is 0 Å². The monoisotopic (exact) mass is 377 g/mol. The van der Waals surface area contributed by atoms with Gasteiger partial charge in [-0.2, -0.15) is 23.3 Å². The molecule has 0 aliphatic heterocycles. The van der Waals surface area contributed by atoms with E-state index < -0.39 is 28.4 Å². The number of hydrogen-bond acceptors (Lipinski definition) is 5. The highest BCUT2D eigenvalue weighted by Crippen LogP contribution is 2.31. The van der Waals surface area contributed by atoms with Gasteiger partial charge in [-0.15, -0.1) is 0 Å². The van der Waals surface area contributed by atoms with Crippen molar-refractivity contribution in [1.82, 2.24) is 19.3 Å². The zero-order chi connectivity index (χ0) is 18.2. The van der Waals surface area contributed by atoms with Gasteiger partial charge in [-0.3, -0.25) is 14.0 Å². The third-order valence-corrected chi connectivity index (χ3v) is 5.11. The summed E-state index contributed by atoms with van der Waals surface area (Å²) in [6.07, 6.45) is 1.70. The number of hydrogen-bond donors (Lipinski definition) is 1. The number of halogens is 3. The van der Waals surface area contributed by atoms with E-state index in [1.807, 2.05) is 0 Å². The number of alkyl halides is 3. The number of rotatable bonds is 5. The van der Waals surface area contributed by atoms with Crippen molar-refractivity contribution in [2.24, 2.45) is 0 Å². The second kappa shape index (κ2) is 6.17. The second-order valence-electron chi connectivity index (χ2n) is 5.68. The van der Waals surface area contributed by atoms with E-state index in [0.717, 1.165) is 31.5 Å². The van der Waals surface area contributed by atoms with E-state index in [9.17, 15) is 26.4 Å². The first-order chi connectivity index (χ1) is 11.6. The Morgan fingerprint density at radius 2 is 2.04 bits per heavy atom. The van der Waals surface area contributed by atoms with Crippen LogP contribution in [0.2, 0.25) is 0 Å². The molecule has 12 heteroatoms. The van der Waals surface area contributed by atoms with Crippen LogP contribution < -0.4 is 10.4 Å². The highest BCUT2D eigenvalue weighted by molar-refractivity contribution is 7.92. The first kappa shape index (κ1) is 17.5. The summed E-state index contributed by atoms with van der Waals surface area (Å²) in [5, 5.41) is 4.00. The summed E-state index contributed by atoms with van der Waals surface area (Å²) in [7, 11) is -4.04. The fourth-order valence-corrected chi connectivity index (χ4v) is 3.25. The smallest absolute Gasteiger partial charge is 0.290 e. The Balaban J connectivity index is 1.77. The quantitative estimate of drug-likeness (QED) is 0.852. The van der Waals surface area contributed by atoms with Crippen LogP contribution in [0.4, 0.5) is 19.0 Å². The summed E-state index contributed by atoms with van der Waals surface area (Å²) in [5.41, 5.74) is -1.21. The van der Waals surface area contributed by atoms with E-state index in [-0.39, 0.29) is 16.8 Å². The molecule has 1 aliphatic carbocycles. The summed E-state index contributed by atoms with van der Waals surface area (Å²) >= 11 is 0. The molecule has 3 rings (SSSR count). The Hall–Kier alpha value is -2.37. The maximum Gasteiger partial charge on any atom is 0.406 e. The molecule has 25 heavy (non-hydrogen) atoms. The molecule has 2 aromatic heterocycles. The first-order valence-corrected chi connectivity index (χ1v) is 8.84. The summed E-state index contributed by atoms with van der Waals surface area (Å²) in [6.45, 7) is -1.50. The molecule has 1 fully saturated rings. The highest BCUT2D eigenvalue weighted by atomic mass is 32.2. The lowest BCUT2D eigenvalue weighted by molar-refractivity contribution is -0.141. The van der Waals surface area contributed by atoms with Gasteiger partial charge in [0, 0.05) is 12.4 Å². The molecular weight excluding hydrogens is 363 g/mol. The Bertz CT molecular complexity index is 931. The summed E-state index contributed by atoms with van der Waals surface area (Å²) in [6, 6.07) is 1.16. The van der Waals surface area contributed by atoms with E-state index in [1.54, 1.807) is 4.68 Å². The molecule has 0 spiro atoms. The molecule has 1 aliphatic rings. The predicted octanol–water partition coefficient (Wildman–Crippen LogP) is 1.53. The van der Waals surface area contributed by atoms with Gasteiger partial charge in [-0.1, -0.05) is 0 Å². The van der Waals surface area contributed by atoms with Crippen LogP contribution in [0.25, 0.3) is 0 Å². The molecule has 0 amide bonds. The number of aromatic nitrogens is 4. The van der Waals surface area contributed by atoms with Crippen molar-refractivity contribution in [3.63, 3.8) is 0 Å². The number of nitrogens with one attached hydrogen (secondary N) is 1. The van der Waals surface area contributed by atoms with Crippen LogP contribution in [0.3, 0.4) is 0 Å².